The number of hydrogen-bond acceptors (Lipinski definition) is 12. The van der Waals surface area contributed by atoms with Crippen LogP contribution in [0.25, 0.3) is 0 Å². The molecule has 0 saturated heterocycles. The zero-order valence-corrected chi connectivity index (χ0v) is 23.7. The Morgan fingerprint density at radius 1 is 0.512 bits per heavy atom. The third-order valence-electron chi connectivity index (χ3n) is 5.86. The van der Waals surface area contributed by atoms with E-state index in [4.69, 9.17) is 9.47 Å². The molecule has 2 aromatic carbocycles. The van der Waals surface area contributed by atoms with E-state index in [1.165, 1.54) is 0 Å². The molecule has 0 heterocycles. The number of carbonyl (C=O) groups is 4. The SMILES string of the molecule is Cc1ccc(C(=O)OOOC(=O)OCCCCCCCCCOC(=O)OOOC(=O)c2ccc(C)cc2C)c(C)c1. The Labute approximate surface area is 238 Å². The van der Waals surface area contributed by atoms with Crippen LogP contribution in [0, 0.1) is 27.7 Å². The second-order valence-corrected chi connectivity index (χ2v) is 9.35. The molecule has 0 saturated carbocycles. The Morgan fingerprint density at radius 3 is 1.24 bits per heavy atom. The van der Waals surface area contributed by atoms with E-state index in [-0.39, 0.29) is 13.2 Å². The van der Waals surface area contributed by atoms with Crippen molar-refractivity contribution in [2.75, 3.05) is 13.2 Å². The summed E-state index contributed by atoms with van der Waals surface area (Å²) < 4.78 is 9.70. The van der Waals surface area contributed by atoms with Crippen molar-refractivity contribution in [1.82, 2.24) is 0 Å². The normalized spacial score (nSPS) is 10.4. The number of benzene rings is 2. The van der Waals surface area contributed by atoms with Crippen LogP contribution in [-0.4, -0.2) is 37.5 Å². The van der Waals surface area contributed by atoms with Gasteiger partial charge in [0.05, 0.1) is 34.4 Å². The minimum absolute atomic E-state index is 0.130. The molecule has 0 spiro atoms. The summed E-state index contributed by atoms with van der Waals surface area (Å²) in [6, 6.07) is 10.3. The van der Waals surface area contributed by atoms with Crippen LogP contribution in [0.5, 0.6) is 0 Å². The van der Waals surface area contributed by atoms with E-state index < -0.39 is 24.2 Å². The second kappa shape index (κ2) is 18.2. The molecule has 0 aromatic heterocycles. The van der Waals surface area contributed by atoms with Gasteiger partial charge < -0.3 is 9.47 Å². The van der Waals surface area contributed by atoms with Crippen LogP contribution >= 0.6 is 0 Å². The van der Waals surface area contributed by atoms with Gasteiger partial charge in [-0.2, -0.15) is 0 Å². The van der Waals surface area contributed by atoms with E-state index in [0.29, 0.717) is 35.1 Å². The van der Waals surface area contributed by atoms with E-state index in [1.54, 1.807) is 38.1 Å². The van der Waals surface area contributed by atoms with Gasteiger partial charge in [-0.3, -0.25) is 9.78 Å². The Hall–Kier alpha value is -4.16. The highest BCUT2D eigenvalue weighted by Gasteiger charge is 2.15. The fraction of sp³-hybridized carbons (Fsp3) is 0.448. The highest BCUT2D eigenvalue weighted by atomic mass is 17.5. The third-order valence-corrected chi connectivity index (χ3v) is 5.86. The van der Waals surface area contributed by atoms with Gasteiger partial charge >= 0.3 is 24.2 Å². The first-order valence-electron chi connectivity index (χ1n) is 13.3. The lowest BCUT2D eigenvalue weighted by molar-refractivity contribution is -0.452. The number of hydrogen-bond donors (Lipinski definition) is 0. The third kappa shape index (κ3) is 13.2. The molecule has 0 fully saturated rings. The molecule has 0 aliphatic heterocycles. The Kier molecular flexibility index (Phi) is 14.7. The predicted molar refractivity (Wildman–Crippen MR) is 142 cm³/mol. The summed E-state index contributed by atoms with van der Waals surface area (Å²) in [6.07, 6.45) is 3.48. The smallest absolute Gasteiger partial charge is 0.432 e. The molecule has 2 rings (SSSR count). The molecule has 224 valence electrons. The summed E-state index contributed by atoms with van der Waals surface area (Å²) in [5.41, 5.74) is 3.98. The zero-order chi connectivity index (χ0) is 30.0. The van der Waals surface area contributed by atoms with Gasteiger partial charge in [-0.05, 0) is 63.8 Å². The summed E-state index contributed by atoms with van der Waals surface area (Å²) in [5.74, 6) is -1.58. The van der Waals surface area contributed by atoms with E-state index in [2.05, 4.69) is 29.6 Å². The molecule has 0 atom stereocenters. The molecule has 0 unspecified atom stereocenters. The molecule has 12 nitrogen and oxygen atoms in total. The molecule has 2 aromatic rings. The molecule has 0 aliphatic carbocycles. The largest absolute Gasteiger partial charge is 0.543 e. The molecule has 0 radical (unpaired) electrons. The van der Waals surface area contributed by atoms with Gasteiger partial charge in [0.1, 0.15) is 0 Å². The van der Waals surface area contributed by atoms with Crippen molar-refractivity contribution < 1.29 is 58.3 Å². The average Bonchev–Trinajstić information content (AvgIpc) is 2.91. The number of carbonyl (C=O) groups excluding carboxylic acids is 4. The molecular weight excluding hydrogens is 540 g/mol. The van der Waals surface area contributed by atoms with Gasteiger partial charge in [0, 0.05) is 0 Å². The molecule has 0 bridgehead atoms. The van der Waals surface area contributed by atoms with E-state index >= 15 is 0 Å². The first-order valence-corrected chi connectivity index (χ1v) is 13.3. The Morgan fingerprint density at radius 2 is 0.878 bits per heavy atom. The topological polar surface area (TPSA) is 142 Å². The van der Waals surface area contributed by atoms with Crippen LogP contribution in [0.4, 0.5) is 9.59 Å². The Bertz CT molecular complexity index is 1070. The van der Waals surface area contributed by atoms with Crippen molar-refractivity contribution in [2.45, 2.75) is 72.6 Å². The van der Waals surface area contributed by atoms with Crippen molar-refractivity contribution in [1.29, 1.82) is 0 Å². The second-order valence-electron chi connectivity index (χ2n) is 9.35. The minimum atomic E-state index is -1.11. The molecular formula is C29H36O12. The lowest BCUT2D eigenvalue weighted by Gasteiger charge is -2.06. The van der Waals surface area contributed by atoms with Crippen LogP contribution in [-0.2, 0) is 39.1 Å². The van der Waals surface area contributed by atoms with Crippen molar-refractivity contribution in [2.24, 2.45) is 0 Å². The zero-order valence-electron chi connectivity index (χ0n) is 23.7. The van der Waals surface area contributed by atoms with Gasteiger partial charge in [-0.25, -0.2) is 29.0 Å². The van der Waals surface area contributed by atoms with Crippen LogP contribution in [0.15, 0.2) is 36.4 Å². The quantitative estimate of drug-likeness (QED) is 0.0912. The monoisotopic (exact) mass is 576 g/mol. The number of ether oxygens (including phenoxy) is 2. The van der Waals surface area contributed by atoms with Crippen molar-refractivity contribution in [3.8, 4) is 0 Å². The minimum Gasteiger partial charge on any atom is -0.432 e. The highest BCUT2D eigenvalue weighted by molar-refractivity contribution is 5.91. The van der Waals surface area contributed by atoms with Gasteiger partial charge in [0.2, 0.25) is 0 Å². The lowest BCUT2D eigenvalue weighted by Crippen LogP contribution is -2.13. The Balaban J connectivity index is 1.38. The van der Waals surface area contributed by atoms with Crippen LogP contribution < -0.4 is 0 Å². The summed E-state index contributed by atoms with van der Waals surface area (Å²) in [5, 5.41) is 8.43. The molecule has 41 heavy (non-hydrogen) atoms. The fourth-order valence-corrected chi connectivity index (χ4v) is 3.77. The van der Waals surface area contributed by atoms with E-state index in [1.807, 2.05) is 26.0 Å². The average molecular weight is 577 g/mol. The number of aryl methyl sites for hydroxylation is 4. The molecule has 12 heteroatoms. The lowest BCUT2D eigenvalue weighted by atomic mass is 10.1. The van der Waals surface area contributed by atoms with Crippen molar-refractivity contribution in [3.05, 3.63) is 69.8 Å². The van der Waals surface area contributed by atoms with Gasteiger partial charge in [-0.1, -0.05) is 67.5 Å². The van der Waals surface area contributed by atoms with Crippen LogP contribution in [0.1, 0.15) is 87.9 Å². The summed E-state index contributed by atoms with van der Waals surface area (Å²) >= 11 is 0. The first kappa shape index (κ1) is 33.0. The maximum absolute atomic E-state index is 11.9. The molecule has 0 aliphatic rings. The molecule has 0 N–H and O–H groups in total. The maximum Gasteiger partial charge on any atom is 0.543 e. The van der Waals surface area contributed by atoms with Crippen LogP contribution in [0.2, 0.25) is 0 Å². The predicted octanol–water partition coefficient (Wildman–Crippen LogP) is 6.66. The van der Waals surface area contributed by atoms with Gasteiger partial charge in [0.15, 0.2) is 0 Å². The molecule has 0 amide bonds. The standard InChI is InChI=1S/C29H36O12/c1-20-12-14-24(22(3)18-20)26(30)36-40-38-28(32)34-16-10-8-6-5-7-9-11-17-35-29(33)39-41-37-27(31)25-15-13-21(2)19-23(25)4/h12-15,18-19H,5-11,16-17H2,1-4H3. The van der Waals surface area contributed by atoms with Gasteiger partial charge in [0.25, 0.3) is 0 Å². The fourth-order valence-electron chi connectivity index (χ4n) is 3.77. The number of rotatable bonds is 16. The van der Waals surface area contributed by atoms with E-state index in [0.717, 1.165) is 43.2 Å². The summed E-state index contributed by atoms with van der Waals surface area (Å²) in [7, 11) is 0. The maximum atomic E-state index is 11.9. The summed E-state index contributed by atoms with van der Waals surface area (Å²) in [4.78, 5) is 64.3. The first-order chi connectivity index (χ1) is 19.7. The van der Waals surface area contributed by atoms with E-state index in [9.17, 15) is 19.2 Å². The number of unbranched alkanes of at least 4 members (excludes halogenated alkanes) is 6. The van der Waals surface area contributed by atoms with Crippen molar-refractivity contribution >= 4 is 24.2 Å². The van der Waals surface area contributed by atoms with Crippen molar-refractivity contribution in [3.63, 3.8) is 0 Å². The van der Waals surface area contributed by atoms with Gasteiger partial charge in [-0.15, -0.1) is 0 Å². The highest BCUT2D eigenvalue weighted by Crippen LogP contribution is 2.13. The summed E-state index contributed by atoms with van der Waals surface area (Å²) in [6.45, 7) is 7.55. The van der Waals surface area contributed by atoms with Crippen LogP contribution in [0.3, 0.4) is 0 Å².